The first kappa shape index (κ1) is 19.0. The van der Waals surface area contributed by atoms with Crippen LogP contribution < -0.4 is 5.32 Å². The Labute approximate surface area is 157 Å². The van der Waals surface area contributed by atoms with Crippen LogP contribution in [0.5, 0.6) is 0 Å². The molecule has 1 saturated carbocycles. The third-order valence-electron chi connectivity index (χ3n) is 5.95. The second-order valence-corrected chi connectivity index (χ2v) is 7.59. The molecule has 0 radical (unpaired) electrons. The number of benzene rings is 1. The Morgan fingerprint density at radius 3 is 2.58 bits per heavy atom. The van der Waals surface area contributed by atoms with E-state index in [4.69, 9.17) is 0 Å². The molecule has 1 N–H and O–H groups in total. The van der Waals surface area contributed by atoms with Gasteiger partial charge in [0, 0.05) is 31.2 Å². The number of carbonyl (C=O) groups is 1. The van der Waals surface area contributed by atoms with E-state index in [2.05, 4.69) is 66.0 Å². The minimum absolute atomic E-state index is 0.211. The van der Waals surface area contributed by atoms with Crippen molar-refractivity contribution in [3.05, 3.63) is 36.0 Å². The molecule has 0 bridgehead atoms. The van der Waals surface area contributed by atoms with Gasteiger partial charge >= 0.3 is 0 Å². The summed E-state index contributed by atoms with van der Waals surface area (Å²) in [5.74, 6) is 0.211. The van der Waals surface area contributed by atoms with Crippen LogP contribution in [-0.4, -0.2) is 41.1 Å². The van der Waals surface area contributed by atoms with E-state index in [-0.39, 0.29) is 5.91 Å². The van der Waals surface area contributed by atoms with Crippen molar-refractivity contribution in [3.8, 4) is 0 Å². The molecule has 1 aliphatic carbocycles. The van der Waals surface area contributed by atoms with Crippen LogP contribution in [0.3, 0.4) is 0 Å². The zero-order chi connectivity index (χ0) is 18.5. The molecule has 1 aromatic heterocycles. The van der Waals surface area contributed by atoms with E-state index in [9.17, 15) is 4.79 Å². The summed E-state index contributed by atoms with van der Waals surface area (Å²) in [6.07, 6.45) is 7.28. The van der Waals surface area contributed by atoms with Crippen LogP contribution in [0.1, 0.15) is 57.6 Å². The molecule has 0 aliphatic heterocycles. The Hall–Kier alpha value is -1.81. The number of fused-ring (bicyclic) bond motifs is 1. The number of hydrogen-bond donors (Lipinski definition) is 1. The SMILES string of the molecule is CCN(CC)CCC(=O)NC1CCC(n2ccc3cccc(C)c32)CC1. The quantitative estimate of drug-likeness (QED) is 0.805. The summed E-state index contributed by atoms with van der Waals surface area (Å²) in [6, 6.07) is 9.65. The monoisotopic (exact) mass is 355 g/mol. The summed E-state index contributed by atoms with van der Waals surface area (Å²) in [4.78, 5) is 14.5. The van der Waals surface area contributed by atoms with E-state index < -0.39 is 0 Å². The largest absolute Gasteiger partial charge is 0.353 e. The maximum atomic E-state index is 12.2. The van der Waals surface area contributed by atoms with E-state index in [1.54, 1.807) is 0 Å². The van der Waals surface area contributed by atoms with E-state index in [1.165, 1.54) is 16.5 Å². The molecule has 1 heterocycles. The van der Waals surface area contributed by atoms with Gasteiger partial charge in [-0.2, -0.15) is 0 Å². The van der Waals surface area contributed by atoms with Crippen molar-refractivity contribution in [3.63, 3.8) is 0 Å². The predicted molar refractivity (Wildman–Crippen MR) is 109 cm³/mol. The van der Waals surface area contributed by atoms with Gasteiger partial charge in [0.15, 0.2) is 0 Å². The van der Waals surface area contributed by atoms with E-state index in [1.807, 2.05) is 0 Å². The molecule has 142 valence electrons. The fraction of sp³-hybridized carbons (Fsp3) is 0.591. The molecule has 2 aromatic rings. The van der Waals surface area contributed by atoms with Crippen LogP contribution in [0.2, 0.25) is 0 Å². The van der Waals surface area contributed by atoms with Crippen LogP contribution >= 0.6 is 0 Å². The second-order valence-electron chi connectivity index (χ2n) is 7.59. The third-order valence-corrected chi connectivity index (χ3v) is 5.95. The molecule has 0 saturated heterocycles. The lowest BCUT2D eigenvalue weighted by Crippen LogP contribution is -2.39. The molecular weight excluding hydrogens is 322 g/mol. The average molecular weight is 356 g/mol. The lowest BCUT2D eigenvalue weighted by atomic mass is 9.90. The van der Waals surface area contributed by atoms with Crippen LogP contribution in [0.15, 0.2) is 30.5 Å². The number of aryl methyl sites for hydroxylation is 1. The lowest BCUT2D eigenvalue weighted by Gasteiger charge is -2.31. The smallest absolute Gasteiger partial charge is 0.221 e. The van der Waals surface area contributed by atoms with Gasteiger partial charge in [-0.1, -0.05) is 32.0 Å². The first-order valence-corrected chi connectivity index (χ1v) is 10.2. The first-order valence-electron chi connectivity index (χ1n) is 10.2. The van der Waals surface area contributed by atoms with Crippen molar-refractivity contribution in [2.75, 3.05) is 19.6 Å². The number of rotatable bonds is 7. The zero-order valence-corrected chi connectivity index (χ0v) is 16.5. The molecule has 4 nitrogen and oxygen atoms in total. The van der Waals surface area contributed by atoms with Gasteiger partial charge in [-0.15, -0.1) is 0 Å². The summed E-state index contributed by atoms with van der Waals surface area (Å²) in [5.41, 5.74) is 2.72. The summed E-state index contributed by atoms with van der Waals surface area (Å²) < 4.78 is 2.46. The van der Waals surface area contributed by atoms with Crippen molar-refractivity contribution < 1.29 is 4.79 Å². The van der Waals surface area contributed by atoms with Gasteiger partial charge in [-0.05, 0) is 62.7 Å². The summed E-state index contributed by atoms with van der Waals surface area (Å²) >= 11 is 0. The molecule has 0 atom stereocenters. The molecule has 4 heteroatoms. The highest BCUT2D eigenvalue weighted by Gasteiger charge is 2.24. The molecule has 1 fully saturated rings. The molecule has 26 heavy (non-hydrogen) atoms. The Morgan fingerprint density at radius 2 is 1.88 bits per heavy atom. The van der Waals surface area contributed by atoms with E-state index >= 15 is 0 Å². The molecule has 3 rings (SSSR count). The number of carbonyl (C=O) groups excluding carboxylic acids is 1. The Kier molecular flexibility index (Phi) is 6.36. The zero-order valence-electron chi connectivity index (χ0n) is 16.5. The Bertz CT molecular complexity index is 724. The molecule has 0 spiro atoms. The van der Waals surface area contributed by atoms with Crippen LogP contribution in [0.4, 0.5) is 0 Å². The maximum absolute atomic E-state index is 12.2. The third kappa shape index (κ3) is 4.29. The summed E-state index contributed by atoms with van der Waals surface area (Å²) in [6.45, 7) is 9.38. The first-order chi connectivity index (χ1) is 12.6. The van der Waals surface area contributed by atoms with Crippen molar-refractivity contribution in [1.82, 2.24) is 14.8 Å². The summed E-state index contributed by atoms with van der Waals surface area (Å²) in [7, 11) is 0. The van der Waals surface area contributed by atoms with Gasteiger partial charge in [0.25, 0.3) is 0 Å². The molecular formula is C22H33N3O. The normalized spacial score (nSPS) is 20.6. The van der Waals surface area contributed by atoms with Gasteiger partial charge in [0.1, 0.15) is 0 Å². The number of aromatic nitrogens is 1. The highest BCUT2D eigenvalue weighted by atomic mass is 16.1. The number of nitrogens with one attached hydrogen (secondary N) is 1. The Balaban J connectivity index is 1.52. The predicted octanol–water partition coefficient (Wildman–Crippen LogP) is 4.28. The van der Waals surface area contributed by atoms with Gasteiger partial charge in [-0.3, -0.25) is 4.79 Å². The van der Waals surface area contributed by atoms with Crippen LogP contribution in [-0.2, 0) is 4.79 Å². The number of para-hydroxylation sites is 1. The van der Waals surface area contributed by atoms with Gasteiger partial charge < -0.3 is 14.8 Å². The molecule has 1 aliphatic rings. The fourth-order valence-corrected chi connectivity index (χ4v) is 4.31. The molecule has 1 aromatic carbocycles. The Morgan fingerprint density at radius 1 is 1.15 bits per heavy atom. The highest BCUT2D eigenvalue weighted by Crippen LogP contribution is 2.33. The highest BCUT2D eigenvalue weighted by molar-refractivity contribution is 5.83. The van der Waals surface area contributed by atoms with Gasteiger partial charge in [0.05, 0.1) is 5.52 Å². The number of nitrogens with zero attached hydrogens (tertiary/aromatic N) is 2. The van der Waals surface area contributed by atoms with E-state index in [0.29, 0.717) is 18.5 Å². The van der Waals surface area contributed by atoms with Gasteiger partial charge in [0.2, 0.25) is 5.91 Å². The van der Waals surface area contributed by atoms with Crippen molar-refractivity contribution in [2.45, 2.75) is 65.0 Å². The van der Waals surface area contributed by atoms with Crippen LogP contribution in [0, 0.1) is 6.92 Å². The van der Waals surface area contributed by atoms with Crippen molar-refractivity contribution in [1.29, 1.82) is 0 Å². The minimum atomic E-state index is 0.211. The number of amides is 1. The maximum Gasteiger partial charge on any atom is 0.221 e. The molecule has 0 unspecified atom stereocenters. The average Bonchev–Trinajstić information content (AvgIpc) is 3.09. The lowest BCUT2D eigenvalue weighted by molar-refractivity contribution is -0.122. The molecule has 1 amide bonds. The summed E-state index contributed by atoms with van der Waals surface area (Å²) in [5, 5.41) is 4.59. The van der Waals surface area contributed by atoms with Crippen molar-refractivity contribution in [2.24, 2.45) is 0 Å². The van der Waals surface area contributed by atoms with Crippen molar-refractivity contribution >= 4 is 16.8 Å². The van der Waals surface area contributed by atoms with Crippen LogP contribution in [0.25, 0.3) is 10.9 Å². The minimum Gasteiger partial charge on any atom is -0.353 e. The number of hydrogen-bond acceptors (Lipinski definition) is 2. The fourth-order valence-electron chi connectivity index (χ4n) is 4.31. The van der Waals surface area contributed by atoms with E-state index in [0.717, 1.165) is 45.3 Å². The second kappa shape index (κ2) is 8.72. The topological polar surface area (TPSA) is 37.3 Å². The standard InChI is InChI=1S/C22H33N3O/c1-4-24(5-2)15-14-21(26)23-19-9-11-20(12-10-19)25-16-13-18-8-6-7-17(3)22(18)25/h6-8,13,16,19-20H,4-5,9-12,14-15H2,1-3H3,(H,23,26). The van der Waals surface area contributed by atoms with Gasteiger partial charge in [-0.25, -0.2) is 0 Å².